The minimum atomic E-state index is -3.77. The van der Waals surface area contributed by atoms with Crippen LogP contribution in [0.4, 0.5) is 0 Å². The summed E-state index contributed by atoms with van der Waals surface area (Å²) in [4.78, 5) is 2.05. The van der Waals surface area contributed by atoms with Gasteiger partial charge in [-0.2, -0.15) is 8.42 Å². The van der Waals surface area contributed by atoms with Gasteiger partial charge in [0.15, 0.2) is 0 Å². The molecule has 10 heteroatoms. The molecule has 160 valence electrons. The van der Waals surface area contributed by atoms with Crippen LogP contribution in [0.1, 0.15) is 26.3 Å². The molecule has 1 saturated heterocycles. The van der Waals surface area contributed by atoms with Crippen LogP contribution < -0.4 is 0 Å². The van der Waals surface area contributed by atoms with Gasteiger partial charge in [-0.1, -0.05) is 37.3 Å². The van der Waals surface area contributed by atoms with E-state index in [0.717, 1.165) is 5.56 Å². The van der Waals surface area contributed by atoms with Gasteiger partial charge >= 0.3 is 29.7 Å². The smallest absolute Gasteiger partial charge is 0 e. The molecule has 0 aliphatic carbocycles. The predicted molar refractivity (Wildman–Crippen MR) is 111 cm³/mol. The van der Waals surface area contributed by atoms with E-state index in [1.54, 1.807) is 37.0 Å². The summed E-state index contributed by atoms with van der Waals surface area (Å²) in [5.41, 5.74) is 0.797. The van der Waals surface area contributed by atoms with Gasteiger partial charge in [0, 0.05) is 37.9 Å². The number of hydrogen-bond donors (Lipinski definition) is 0. The molecule has 0 saturated carbocycles. The quantitative estimate of drug-likeness (QED) is 0.378. The largest absolute Gasteiger partial charge is 0 e. The number of benzene rings is 1. The minimum absolute atomic E-state index is 0. The zero-order valence-electron chi connectivity index (χ0n) is 17.9. The molecule has 0 amide bonds. The molecular formula is C19H28BFeNO5SSi. The van der Waals surface area contributed by atoms with Gasteiger partial charge in [0.1, 0.15) is 0 Å². The Labute approximate surface area is 189 Å². The molecular weight excluding hydrogens is 449 g/mol. The first-order valence-corrected chi connectivity index (χ1v) is 12.8. The van der Waals surface area contributed by atoms with E-state index in [-0.39, 0.29) is 36.3 Å². The minimum Gasteiger partial charge on any atom is 0 e. The third-order valence-electron chi connectivity index (χ3n) is 3.11. The average Bonchev–Trinajstić information content (AvgIpc) is 3.06. The van der Waals surface area contributed by atoms with Gasteiger partial charge in [-0.3, -0.25) is 0 Å². The number of aryl methyl sites for hydroxylation is 1. The SMILES string of the molecule is C[Si](C)C.Cc1ccc(S(=O)(=O)OB2[CH][CH][CH]N2C(C)(C)C)cc1.[C-]#[O+].[C-]#[O+].[Fe]. The third-order valence-corrected chi connectivity index (χ3v) is 4.41. The molecule has 29 heavy (non-hydrogen) atoms. The summed E-state index contributed by atoms with van der Waals surface area (Å²) in [7, 11) is -4.24. The first-order chi connectivity index (χ1) is 12.9. The van der Waals surface area contributed by atoms with Crippen LogP contribution in [0.5, 0.6) is 0 Å². The standard InChI is InChI=1S/C14H19BNO3S.C3H9Si.2CO.Fe/c1-12-6-8-13(9-7-12)20(17,18)19-15-10-5-11-16(15)14(2,3)4;1-4(2)3;2*1-2;/h5-11H,1-4H3;1-3H3;;;. The monoisotopic (exact) mass is 477 g/mol. The first kappa shape index (κ1) is 33.0. The van der Waals surface area contributed by atoms with Gasteiger partial charge in [0.2, 0.25) is 0 Å². The fourth-order valence-electron chi connectivity index (χ4n) is 1.99. The van der Waals surface area contributed by atoms with Crippen LogP contribution in [0.15, 0.2) is 29.2 Å². The van der Waals surface area contributed by atoms with E-state index in [0.29, 0.717) is 0 Å². The summed E-state index contributed by atoms with van der Waals surface area (Å²) in [5, 5.41) is 0. The van der Waals surface area contributed by atoms with E-state index in [2.05, 4.69) is 32.9 Å². The van der Waals surface area contributed by atoms with E-state index in [1.807, 2.05) is 39.1 Å². The number of rotatable bonds is 3. The maximum absolute atomic E-state index is 12.3. The van der Waals surface area contributed by atoms with Crippen LogP contribution in [0, 0.1) is 39.5 Å². The van der Waals surface area contributed by atoms with E-state index >= 15 is 0 Å². The van der Waals surface area contributed by atoms with Crippen LogP contribution in [-0.2, 0) is 40.6 Å². The second-order valence-corrected chi connectivity index (χ2v) is 11.9. The third kappa shape index (κ3) is 13.3. The van der Waals surface area contributed by atoms with Crippen LogP contribution in [0.3, 0.4) is 0 Å². The predicted octanol–water partition coefficient (Wildman–Crippen LogP) is 3.71. The van der Waals surface area contributed by atoms with E-state index in [9.17, 15) is 8.42 Å². The van der Waals surface area contributed by atoms with Crippen molar-refractivity contribution in [2.45, 2.75) is 57.8 Å². The van der Waals surface area contributed by atoms with Gasteiger partial charge < -0.3 is 8.91 Å². The van der Waals surface area contributed by atoms with Gasteiger partial charge in [0.25, 0.3) is 10.1 Å². The molecule has 0 atom stereocenters. The van der Waals surface area contributed by atoms with Crippen molar-refractivity contribution in [1.82, 2.24) is 4.81 Å². The van der Waals surface area contributed by atoms with Crippen molar-refractivity contribution in [1.29, 1.82) is 0 Å². The van der Waals surface area contributed by atoms with Crippen LogP contribution >= 0.6 is 0 Å². The zero-order valence-corrected chi connectivity index (χ0v) is 20.8. The molecule has 0 aromatic heterocycles. The molecule has 1 fully saturated rings. The molecule has 0 unspecified atom stereocenters. The molecule has 0 bridgehead atoms. The molecule has 4 radical (unpaired) electrons. The number of hydrogen-bond acceptors (Lipinski definition) is 4. The Balaban J connectivity index is -0.000000657. The molecule has 0 spiro atoms. The summed E-state index contributed by atoms with van der Waals surface area (Å²) in [5.74, 6) is 0. The molecule has 1 heterocycles. The fraction of sp³-hybridized carbons (Fsp3) is 0.421. The van der Waals surface area contributed by atoms with Crippen molar-refractivity contribution >= 4 is 26.0 Å². The second kappa shape index (κ2) is 16.1. The molecule has 1 aliphatic heterocycles. The van der Waals surface area contributed by atoms with Crippen LogP contribution in [-0.4, -0.2) is 34.6 Å². The maximum atomic E-state index is 12.3. The number of nitrogens with zero attached hydrogens (tertiary/aromatic N) is 1. The Morgan fingerprint density at radius 1 is 1.03 bits per heavy atom. The van der Waals surface area contributed by atoms with Gasteiger partial charge in [-0.25, -0.2) is 0 Å². The topological polar surface area (TPSA) is 86.4 Å². The van der Waals surface area contributed by atoms with E-state index in [1.165, 1.54) is 0 Å². The van der Waals surface area contributed by atoms with E-state index < -0.39 is 17.2 Å². The Kier molecular flexibility index (Phi) is 18.3. The maximum Gasteiger partial charge on any atom is 0 e. The second-order valence-electron chi connectivity index (χ2n) is 7.37. The molecule has 6 nitrogen and oxygen atoms in total. The van der Waals surface area contributed by atoms with Gasteiger partial charge in [0.05, 0.1) is 4.90 Å². The molecule has 2 rings (SSSR count). The summed E-state index contributed by atoms with van der Waals surface area (Å²) in [6.07, 6.45) is 3.54. The Morgan fingerprint density at radius 3 is 1.83 bits per heavy atom. The normalized spacial score (nSPS) is 13.6. The van der Waals surface area contributed by atoms with Gasteiger partial charge in [-0.15, -0.1) is 0 Å². The van der Waals surface area contributed by atoms with Crippen molar-refractivity contribution < 1.29 is 38.9 Å². The molecule has 1 aliphatic rings. The Morgan fingerprint density at radius 2 is 1.45 bits per heavy atom. The van der Waals surface area contributed by atoms with Crippen molar-refractivity contribution in [2.24, 2.45) is 0 Å². The average molecular weight is 477 g/mol. The van der Waals surface area contributed by atoms with Crippen molar-refractivity contribution in [2.75, 3.05) is 0 Å². The summed E-state index contributed by atoms with van der Waals surface area (Å²) in [6, 6.07) is 6.64. The molecule has 0 N–H and O–H groups in total. The Bertz CT molecular complexity index is 694. The van der Waals surface area contributed by atoms with Gasteiger partial charge in [-0.05, 0) is 52.6 Å². The van der Waals surface area contributed by atoms with Crippen LogP contribution in [0.2, 0.25) is 19.6 Å². The zero-order chi connectivity index (χ0) is 22.5. The summed E-state index contributed by atoms with van der Waals surface area (Å²) in [6.45, 7) is 25.6. The fourth-order valence-corrected chi connectivity index (χ4v) is 2.99. The molecule has 1 aromatic rings. The van der Waals surface area contributed by atoms with E-state index in [4.69, 9.17) is 13.4 Å². The summed E-state index contributed by atoms with van der Waals surface area (Å²) >= 11 is 0. The van der Waals surface area contributed by atoms with Crippen molar-refractivity contribution in [3.05, 3.63) is 62.4 Å². The van der Waals surface area contributed by atoms with Crippen molar-refractivity contribution in [3.8, 4) is 0 Å². The van der Waals surface area contributed by atoms with Crippen LogP contribution in [0.25, 0.3) is 0 Å². The molecule has 1 aromatic carbocycles. The summed E-state index contributed by atoms with van der Waals surface area (Å²) < 4.78 is 44.9. The van der Waals surface area contributed by atoms with Crippen molar-refractivity contribution in [3.63, 3.8) is 0 Å². The Hall–Kier alpha value is -0.629. The first-order valence-electron chi connectivity index (χ1n) is 8.41.